The maximum Gasteiger partial charge on any atom is 0.175 e. The van der Waals surface area contributed by atoms with Crippen molar-refractivity contribution in [3.63, 3.8) is 0 Å². The molecular weight excluding hydrogens is 410 g/mol. The molecule has 2 heterocycles. The van der Waals surface area contributed by atoms with E-state index in [1.54, 1.807) is 7.11 Å². The molecule has 3 rings (SSSR count). The second-order valence-corrected chi connectivity index (χ2v) is 9.26. The highest BCUT2D eigenvalue weighted by Crippen LogP contribution is 2.47. The summed E-state index contributed by atoms with van der Waals surface area (Å²) in [6.07, 6.45) is 1.93. The van der Waals surface area contributed by atoms with Gasteiger partial charge in [0.25, 0.3) is 0 Å². The maximum atomic E-state index is 10.7. The van der Waals surface area contributed by atoms with Gasteiger partial charge in [-0.3, -0.25) is 4.90 Å². The molecule has 6 heteroatoms. The minimum Gasteiger partial charge on any atom is -0.493 e. The van der Waals surface area contributed by atoms with Crippen molar-refractivity contribution in [3.05, 3.63) is 21.7 Å². The Morgan fingerprint density at radius 2 is 2.07 bits per heavy atom. The summed E-state index contributed by atoms with van der Waals surface area (Å²) in [5.41, 5.74) is 2.23. The lowest BCUT2D eigenvalue weighted by atomic mass is 9.84. The third kappa shape index (κ3) is 4.44. The molecule has 0 aliphatic carbocycles. The van der Waals surface area contributed by atoms with Crippen LogP contribution in [-0.4, -0.2) is 54.6 Å². The van der Waals surface area contributed by atoms with Crippen LogP contribution in [0.15, 0.2) is 10.5 Å². The van der Waals surface area contributed by atoms with Gasteiger partial charge in [0.15, 0.2) is 11.5 Å². The first-order valence-corrected chi connectivity index (χ1v) is 10.7. The van der Waals surface area contributed by atoms with Gasteiger partial charge in [-0.1, -0.05) is 6.92 Å². The van der Waals surface area contributed by atoms with Gasteiger partial charge in [-0.2, -0.15) is 0 Å². The summed E-state index contributed by atoms with van der Waals surface area (Å²) >= 11 is 3.76. The number of rotatable bonds is 5. The highest BCUT2D eigenvalue weighted by Gasteiger charge is 2.41. The Hall–Kier alpha value is -0.820. The molecule has 1 aromatic rings. The lowest BCUT2D eigenvalue weighted by Gasteiger charge is -2.47. The van der Waals surface area contributed by atoms with Crippen LogP contribution in [0.5, 0.6) is 11.5 Å². The van der Waals surface area contributed by atoms with Crippen LogP contribution in [0.3, 0.4) is 0 Å². The zero-order valence-corrected chi connectivity index (χ0v) is 18.6. The Morgan fingerprint density at radius 1 is 1.33 bits per heavy atom. The standard InChI is InChI=1S/C21H32BrNO4/c1-6-9-26-20-17(25-5)10-14-13(19(20)22)7-8-23-12-18(27-21(2,3)4)16(24)11-15(14)23/h10,15-16,18,24H,6-9,11-12H2,1-5H3/t15-,16-,18-/m1/s1. The van der Waals surface area contributed by atoms with E-state index in [2.05, 4.69) is 33.8 Å². The average Bonchev–Trinajstić information content (AvgIpc) is 2.60. The Balaban J connectivity index is 1.89. The number of hydrogen-bond donors (Lipinski definition) is 1. The van der Waals surface area contributed by atoms with Gasteiger partial charge in [-0.05, 0) is 73.2 Å². The SMILES string of the molecule is CCCOc1c(OC)cc2c(c1Br)CCN1C[C@@H](OC(C)(C)C)[C@H](O)C[C@H]21. The van der Waals surface area contributed by atoms with Crippen LogP contribution in [0.25, 0.3) is 0 Å². The summed E-state index contributed by atoms with van der Waals surface area (Å²) in [5, 5.41) is 10.7. The zero-order valence-electron chi connectivity index (χ0n) is 17.0. The second kappa shape index (κ2) is 8.27. The van der Waals surface area contributed by atoms with Gasteiger partial charge in [0.2, 0.25) is 0 Å². The monoisotopic (exact) mass is 441 g/mol. The lowest BCUT2D eigenvalue weighted by Crippen LogP contribution is -2.53. The number of benzene rings is 1. The van der Waals surface area contributed by atoms with Crippen molar-refractivity contribution in [2.75, 3.05) is 26.8 Å². The average molecular weight is 442 g/mol. The first-order valence-electron chi connectivity index (χ1n) is 9.87. The van der Waals surface area contributed by atoms with Crippen molar-refractivity contribution in [2.45, 2.75) is 70.8 Å². The molecule has 2 aliphatic heterocycles. The van der Waals surface area contributed by atoms with Crippen molar-refractivity contribution in [2.24, 2.45) is 0 Å². The van der Waals surface area contributed by atoms with E-state index in [9.17, 15) is 5.11 Å². The summed E-state index contributed by atoms with van der Waals surface area (Å²) in [6, 6.07) is 2.27. The van der Waals surface area contributed by atoms with Gasteiger partial charge in [0.1, 0.15) is 0 Å². The maximum absolute atomic E-state index is 10.7. The minimum atomic E-state index is -0.475. The molecule has 0 radical (unpaired) electrons. The number of methoxy groups -OCH3 is 1. The van der Waals surface area contributed by atoms with Gasteiger partial charge in [-0.25, -0.2) is 0 Å². The summed E-state index contributed by atoms with van der Waals surface area (Å²) in [5.74, 6) is 1.54. The number of aliphatic hydroxyl groups is 1. The van der Waals surface area contributed by atoms with E-state index < -0.39 is 6.10 Å². The first kappa shape index (κ1) is 20.9. The normalized spacial score (nSPS) is 25.7. The smallest absolute Gasteiger partial charge is 0.175 e. The highest BCUT2D eigenvalue weighted by molar-refractivity contribution is 9.10. The van der Waals surface area contributed by atoms with Crippen molar-refractivity contribution in [3.8, 4) is 11.5 Å². The third-order valence-electron chi connectivity index (χ3n) is 5.26. The molecular formula is C21H32BrNO4. The Labute approximate surface area is 171 Å². The van der Waals surface area contributed by atoms with E-state index in [0.717, 1.165) is 41.9 Å². The second-order valence-electron chi connectivity index (χ2n) is 8.47. The molecule has 1 aromatic carbocycles. The van der Waals surface area contributed by atoms with Crippen LogP contribution in [0.2, 0.25) is 0 Å². The number of fused-ring (bicyclic) bond motifs is 3. The van der Waals surface area contributed by atoms with Crippen LogP contribution >= 0.6 is 15.9 Å². The largest absolute Gasteiger partial charge is 0.493 e. The molecule has 0 aromatic heterocycles. The van der Waals surface area contributed by atoms with Crippen LogP contribution in [0, 0.1) is 0 Å². The fourth-order valence-corrected chi connectivity index (χ4v) is 4.85. The molecule has 1 fully saturated rings. The Morgan fingerprint density at radius 3 is 2.70 bits per heavy atom. The zero-order chi connectivity index (χ0) is 19.8. The van der Waals surface area contributed by atoms with Gasteiger partial charge in [-0.15, -0.1) is 0 Å². The van der Waals surface area contributed by atoms with E-state index in [1.807, 2.05) is 20.8 Å². The number of hydrogen-bond acceptors (Lipinski definition) is 5. The predicted octanol–water partition coefficient (Wildman–Crippen LogP) is 4.09. The molecule has 27 heavy (non-hydrogen) atoms. The third-order valence-corrected chi connectivity index (χ3v) is 6.09. The van der Waals surface area contributed by atoms with Crippen LogP contribution < -0.4 is 9.47 Å². The molecule has 0 spiro atoms. The number of halogens is 1. The fraction of sp³-hybridized carbons (Fsp3) is 0.714. The van der Waals surface area contributed by atoms with E-state index >= 15 is 0 Å². The molecule has 0 amide bonds. The van der Waals surface area contributed by atoms with E-state index in [0.29, 0.717) is 13.0 Å². The van der Waals surface area contributed by atoms with Gasteiger partial charge in [0, 0.05) is 19.1 Å². The van der Waals surface area contributed by atoms with Gasteiger partial charge >= 0.3 is 0 Å². The van der Waals surface area contributed by atoms with Gasteiger partial charge < -0.3 is 19.3 Å². The quantitative estimate of drug-likeness (QED) is 0.745. The minimum absolute atomic E-state index is 0.153. The topological polar surface area (TPSA) is 51.2 Å². The van der Waals surface area contributed by atoms with E-state index in [4.69, 9.17) is 14.2 Å². The van der Waals surface area contributed by atoms with Crippen molar-refractivity contribution in [1.82, 2.24) is 4.90 Å². The molecule has 5 nitrogen and oxygen atoms in total. The van der Waals surface area contributed by atoms with E-state index in [1.165, 1.54) is 11.1 Å². The summed E-state index contributed by atoms with van der Waals surface area (Å²) < 4.78 is 18.7. The molecule has 2 aliphatic rings. The van der Waals surface area contributed by atoms with E-state index in [-0.39, 0.29) is 17.7 Å². The van der Waals surface area contributed by atoms with Crippen molar-refractivity contribution < 1.29 is 19.3 Å². The van der Waals surface area contributed by atoms with Crippen LogP contribution in [0.1, 0.15) is 57.7 Å². The number of aliphatic hydroxyl groups excluding tert-OH is 1. The Bertz CT molecular complexity index is 673. The molecule has 0 saturated carbocycles. The molecule has 3 atom stereocenters. The summed E-state index contributed by atoms with van der Waals surface area (Å²) in [6.45, 7) is 10.6. The van der Waals surface area contributed by atoms with Crippen LogP contribution in [0.4, 0.5) is 0 Å². The summed E-state index contributed by atoms with van der Waals surface area (Å²) in [7, 11) is 1.68. The Kier molecular flexibility index (Phi) is 6.41. The van der Waals surface area contributed by atoms with Gasteiger partial charge in [0.05, 0.1) is 36.0 Å². The summed E-state index contributed by atoms with van der Waals surface area (Å²) in [4.78, 5) is 2.43. The molecule has 1 N–H and O–H groups in total. The number of piperidine rings is 1. The lowest BCUT2D eigenvalue weighted by molar-refractivity contribution is -0.149. The number of nitrogens with zero attached hydrogens (tertiary/aromatic N) is 1. The van der Waals surface area contributed by atoms with Crippen molar-refractivity contribution in [1.29, 1.82) is 0 Å². The van der Waals surface area contributed by atoms with Crippen LogP contribution in [-0.2, 0) is 11.2 Å². The first-order chi connectivity index (χ1) is 12.7. The predicted molar refractivity (Wildman–Crippen MR) is 110 cm³/mol. The van der Waals surface area contributed by atoms with Crippen molar-refractivity contribution >= 4 is 15.9 Å². The molecule has 1 saturated heterocycles. The molecule has 0 bridgehead atoms. The molecule has 152 valence electrons. The fourth-order valence-electron chi connectivity index (χ4n) is 4.11. The highest BCUT2D eigenvalue weighted by atomic mass is 79.9. The molecule has 0 unspecified atom stereocenters. The number of ether oxygens (including phenoxy) is 3.